The molecule has 0 radical (unpaired) electrons. The number of aromatic nitrogens is 3. The average Bonchev–Trinajstić information content (AvgIpc) is 3.89. The lowest BCUT2D eigenvalue weighted by atomic mass is 10.0. The average molecular weight is 831 g/mol. The van der Waals surface area contributed by atoms with E-state index in [0.717, 1.165) is 43.3 Å². The van der Waals surface area contributed by atoms with Gasteiger partial charge in [0.1, 0.15) is 40.5 Å². The SMILES string of the molecule is C=C/C=C\C=C(/C)C(F)(F)F.CCOC(=O)C(C)(C)NP(OCCCC(C)C(OC)n1ccc2c(N(NS(C)=O)C3CC3)ncnc21)Oc1ccc(Cl)cc1. The van der Waals surface area contributed by atoms with Crippen molar-refractivity contribution < 1.29 is 40.7 Å². The lowest BCUT2D eigenvalue weighted by molar-refractivity contribution is -0.149. The summed E-state index contributed by atoms with van der Waals surface area (Å²) in [6.45, 7) is 12.4. The van der Waals surface area contributed by atoms with Crippen LogP contribution in [0.25, 0.3) is 11.0 Å². The quantitative estimate of drug-likeness (QED) is 0.0375. The predicted octanol–water partition coefficient (Wildman–Crippen LogP) is 8.90. The summed E-state index contributed by atoms with van der Waals surface area (Å²) < 4.78 is 72.7. The molecular formula is C37H51ClF3N6O6PS. The monoisotopic (exact) mass is 830 g/mol. The van der Waals surface area contributed by atoms with Crippen LogP contribution in [0.2, 0.25) is 5.02 Å². The summed E-state index contributed by atoms with van der Waals surface area (Å²) in [5, 5.41) is 6.53. The van der Waals surface area contributed by atoms with Crippen molar-refractivity contribution in [1.82, 2.24) is 24.5 Å². The number of ether oxygens (including phenoxy) is 2. The Morgan fingerprint density at radius 3 is 2.47 bits per heavy atom. The number of hydrogen-bond donors (Lipinski definition) is 2. The first-order chi connectivity index (χ1) is 26.0. The van der Waals surface area contributed by atoms with Gasteiger partial charge >= 0.3 is 20.7 Å². The summed E-state index contributed by atoms with van der Waals surface area (Å²) >= 11 is 6.03. The van der Waals surface area contributed by atoms with Crippen molar-refractivity contribution in [2.45, 2.75) is 84.3 Å². The number of esters is 1. The fourth-order valence-corrected chi connectivity index (χ4v) is 7.02. The summed E-state index contributed by atoms with van der Waals surface area (Å²) in [7, 11) is -1.23. The number of fused-ring (bicyclic) bond motifs is 1. The third kappa shape index (κ3) is 14.6. The van der Waals surface area contributed by atoms with Gasteiger partial charge < -0.3 is 23.1 Å². The third-order valence-electron chi connectivity index (χ3n) is 8.07. The van der Waals surface area contributed by atoms with E-state index in [-0.39, 0.29) is 24.8 Å². The van der Waals surface area contributed by atoms with E-state index < -0.39 is 42.8 Å². The standard InChI is InChI=1S/C29H42ClN6O6PS.C8H9F3/c1-7-40-28(37)29(3,4)33-43(42-23-14-10-21(30)11-15-23)41-18-8-9-20(2)27(39-5)35-17-16-24-25(35)31-19-32-26(24)36(22-12-13-22)34-44(6)38;1-3-4-5-6-7(2)8(9,10)11/h10-11,14-17,19-20,22,27,33-34H,7-9,12-13,18H2,1-6H3;3-6H,1H2,2H3/b;5-4-,7-6+. The molecule has 12 nitrogen and oxygen atoms in total. The molecule has 0 saturated heterocycles. The number of rotatable bonds is 20. The minimum absolute atomic E-state index is 0.103. The Morgan fingerprint density at radius 2 is 1.89 bits per heavy atom. The molecule has 18 heteroatoms. The molecule has 304 valence electrons. The molecule has 1 aliphatic rings. The number of allylic oxidation sites excluding steroid dienone is 5. The van der Waals surface area contributed by atoms with Crippen molar-refractivity contribution in [3.63, 3.8) is 0 Å². The molecular weight excluding hydrogens is 780 g/mol. The van der Waals surface area contributed by atoms with E-state index in [0.29, 0.717) is 29.6 Å². The first-order valence-corrected chi connectivity index (χ1v) is 20.7. The van der Waals surface area contributed by atoms with E-state index in [2.05, 4.69) is 33.4 Å². The number of carbonyl (C=O) groups excluding carboxylic acids is 1. The zero-order valence-electron chi connectivity index (χ0n) is 32.1. The van der Waals surface area contributed by atoms with E-state index in [9.17, 15) is 22.2 Å². The van der Waals surface area contributed by atoms with Crippen molar-refractivity contribution >= 4 is 53.9 Å². The third-order valence-corrected chi connectivity index (χ3v) is 10.3. The summed E-state index contributed by atoms with van der Waals surface area (Å²) in [6.07, 6.45) is 9.28. The molecule has 4 rings (SSSR count). The van der Waals surface area contributed by atoms with Gasteiger partial charge in [-0.25, -0.2) is 19.3 Å². The van der Waals surface area contributed by atoms with Gasteiger partial charge in [-0.3, -0.25) is 9.80 Å². The second-order valence-corrected chi connectivity index (χ2v) is 15.8. The van der Waals surface area contributed by atoms with Gasteiger partial charge in [0.15, 0.2) is 5.82 Å². The van der Waals surface area contributed by atoms with Crippen LogP contribution < -0.4 is 19.5 Å². The Labute approximate surface area is 330 Å². The fourth-order valence-electron chi connectivity index (χ4n) is 5.06. The lowest BCUT2D eigenvalue weighted by Gasteiger charge is -2.29. The van der Waals surface area contributed by atoms with Crippen LogP contribution >= 0.6 is 20.1 Å². The minimum Gasteiger partial charge on any atom is -0.465 e. The second kappa shape index (κ2) is 21.8. The van der Waals surface area contributed by atoms with E-state index >= 15 is 0 Å². The summed E-state index contributed by atoms with van der Waals surface area (Å²) in [6, 6.07) is 9.20. The number of benzene rings is 1. The number of alkyl halides is 3. The first kappa shape index (κ1) is 46.0. The predicted molar refractivity (Wildman–Crippen MR) is 213 cm³/mol. The highest BCUT2D eigenvalue weighted by Gasteiger charge is 2.35. The first-order valence-electron chi connectivity index (χ1n) is 17.6. The topological polar surface area (TPSA) is 129 Å². The number of nitrogens with one attached hydrogen (secondary N) is 2. The molecule has 1 aromatic carbocycles. The molecule has 0 spiro atoms. The van der Waals surface area contributed by atoms with E-state index in [1.807, 2.05) is 21.8 Å². The van der Waals surface area contributed by atoms with Crippen LogP contribution in [0.4, 0.5) is 19.0 Å². The number of nitrogens with zero attached hydrogens (tertiary/aromatic N) is 4. The molecule has 4 atom stereocenters. The lowest BCUT2D eigenvalue weighted by Crippen LogP contribution is -2.46. The summed E-state index contributed by atoms with van der Waals surface area (Å²) in [5.74, 6) is 0.986. The molecule has 0 amide bonds. The highest BCUT2D eigenvalue weighted by molar-refractivity contribution is 7.82. The van der Waals surface area contributed by atoms with Crippen LogP contribution in [0.15, 0.2) is 79.3 Å². The zero-order valence-corrected chi connectivity index (χ0v) is 34.6. The van der Waals surface area contributed by atoms with Gasteiger partial charge in [0, 0.05) is 42.1 Å². The van der Waals surface area contributed by atoms with E-state index in [1.54, 1.807) is 58.4 Å². The molecule has 2 N–H and O–H groups in total. The maximum atomic E-state index is 12.5. The van der Waals surface area contributed by atoms with Gasteiger partial charge in [-0.15, -0.1) is 4.83 Å². The minimum atomic E-state index is -4.22. The maximum Gasteiger partial charge on any atom is 0.412 e. The smallest absolute Gasteiger partial charge is 0.412 e. The van der Waals surface area contributed by atoms with Gasteiger partial charge in [0.25, 0.3) is 0 Å². The highest BCUT2D eigenvalue weighted by Crippen LogP contribution is 2.39. The molecule has 1 saturated carbocycles. The van der Waals surface area contributed by atoms with Gasteiger partial charge in [0.05, 0.1) is 18.6 Å². The Bertz CT molecular complexity index is 1770. The number of anilines is 1. The molecule has 0 aliphatic heterocycles. The molecule has 0 bridgehead atoms. The van der Waals surface area contributed by atoms with Gasteiger partial charge in [0.2, 0.25) is 0 Å². The van der Waals surface area contributed by atoms with Crippen LogP contribution in [-0.4, -0.2) is 69.0 Å². The van der Waals surface area contributed by atoms with E-state index in [1.165, 1.54) is 24.6 Å². The molecule has 4 unspecified atom stereocenters. The maximum absolute atomic E-state index is 12.5. The van der Waals surface area contributed by atoms with Gasteiger partial charge in [-0.2, -0.15) is 13.2 Å². The number of carbonyl (C=O) groups is 1. The van der Waals surface area contributed by atoms with Crippen molar-refractivity contribution in [3.05, 3.63) is 84.3 Å². The number of hydrazine groups is 1. The van der Waals surface area contributed by atoms with Crippen molar-refractivity contribution in [2.24, 2.45) is 5.92 Å². The Kier molecular flexibility index (Phi) is 18.2. The second-order valence-electron chi connectivity index (χ2n) is 13.1. The number of methoxy groups -OCH3 is 1. The van der Waals surface area contributed by atoms with Crippen molar-refractivity contribution in [3.8, 4) is 5.75 Å². The number of halogens is 4. The van der Waals surface area contributed by atoms with E-state index in [4.69, 9.17) is 30.1 Å². The molecule has 55 heavy (non-hydrogen) atoms. The van der Waals surface area contributed by atoms with Crippen LogP contribution in [0.1, 0.15) is 66.5 Å². The Balaban J connectivity index is 0.000000641. The Morgan fingerprint density at radius 1 is 1.20 bits per heavy atom. The normalized spacial score (nSPS) is 15.9. The van der Waals surface area contributed by atoms with Crippen LogP contribution in [0.3, 0.4) is 0 Å². The molecule has 2 heterocycles. The Hall–Kier alpha value is -3.37. The molecule has 1 fully saturated rings. The van der Waals surface area contributed by atoms with Crippen molar-refractivity contribution in [1.29, 1.82) is 0 Å². The molecule has 3 aromatic rings. The fraction of sp³-hybridized carbons (Fsp3) is 0.486. The van der Waals surface area contributed by atoms with Gasteiger partial charge in [-0.05, 0) is 83.7 Å². The molecule has 2 aromatic heterocycles. The van der Waals surface area contributed by atoms with Crippen LogP contribution in [0, 0.1) is 5.92 Å². The van der Waals surface area contributed by atoms with Crippen LogP contribution in [0.5, 0.6) is 5.75 Å². The molecule has 1 aliphatic carbocycles. The highest BCUT2D eigenvalue weighted by atomic mass is 35.5. The summed E-state index contributed by atoms with van der Waals surface area (Å²) in [5.41, 5.74) is -0.893. The number of hydrogen-bond acceptors (Lipinski definition) is 10. The zero-order chi connectivity index (χ0) is 40.8. The van der Waals surface area contributed by atoms with Crippen LogP contribution in [-0.2, 0) is 29.8 Å². The van der Waals surface area contributed by atoms with Gasteiger partial charge in [-0.1, -0.05) is 49.4 Å². The van der Waals surface area contributed by atoms with Crippen molar-refractivity contribution in [2.75, 3.05) is 31.6 Å². The largest absolute Gasteiger partial charge is 0.465 e. The summed E-state index contributed by atoms with van der Waals surface area (Å²) in [4.78, 5) is 24.6.